The van der Waals surface area contributed by atoms with Gasteiger partial charge >= 0.3 is 0 Å². The van der Waals surface area contributed by atoms with Crippen LogP contribution in [-0.2, 0) is 0 Å². The summed E-state index contributed by atoms with van der Waals surface area (Å²) in [4.78, 5) is 10.3. The number of nitrogens with one attached hydrogen (secondary N) is 1. The van der Waals surface area contributed by atoms with Gasteiger partial charge in [0.2, 0.25) is 0 Å². The molecule has 0 radical (unpaired) electrons. The van der Waals surface area contributed by atoms with E-state index in [-0.39, 0.29) is 0 Å². The minimum absolute atomic E-state index is 0.897. The van der Waals surface area contributed by atoms with Crippen molar-refractivity contribution in [3.05, 3.63) is 47.6 Å². The Kier molecular flexibility index (Phi) is 4.38. The number of thiazole rings is 1. The predicted octanol–water partition coefficient (Wildman–Crippen LogP) is 3.96. The number of hydrogen-bond donors (Lipinski definition) is 1. The highest BCUT2D eigenvalue weighted by molar-refractivity contribution is 7.15. The van der Waals surface area contributed by atoms with Gasteiger partial charge in [-0.2, -0.15) is 5.10 Å². The minimum atomic E-state index is 0.897. The van der Waals surface area contributed by atoms with Gasteiger partial charge in [0.25, 0.3) is 0 Å². The van der Waals surface area contributed by atoms with Gasteiger partial charge in [0.05, 0.1) is 17.6 Å². The molecule has 1 aromatic carbocycles. The van der Waals surface area contributed by atoms with Crippen molar-refractivity contribution >= 4 is 28.3 Å². The van der Waals surface area contributed by atoms with Gasteiger partial charge in [-0.15, -0.1) is 11.3 Å². The van der Waals surface area contributed by atoms with Crippen molar-refractivity contribution in [1.82, 2.24) is 14.8 Å². The lowest BCUT2D eigenvalue weighted by Crippen LogP contribution is -2.17. The van der Waals surface area contributed by atoms with Crippen LogP contribution in [0.2, 0.25) is 0 Å². The highest BCUT2D eigenvalue weighted by Gasteiger charge is 2.13. The topological polar surface area (TPSA) is 54.0 Å². The lowest BCUT2D eigenvalue weighted by molar-refractivity contribution is 0.729. The van der Waals surface area contributed by atoms with Crippen molar-refractivity contribution in [2.75, 3.05) is 6.54 Å². The fourth-order valence-electron chi connectivity index (χ4n) is 2.87. The Bertz CT molecular complexity index is 875. The van der Waals surface area contributed by atoms with Crippen molar-refractivity contribution in [3.8, 4) is 11.3 Å². The van der Waals surface area contributed by atoms with E-state index in [2.05, 4.69) is 32.1 Å². The third-order valence-corrected chi connectivity index (χ3v) is 4.86. The van der Waals surface area contributed by atoms with Crippen molar-refractivity contribution in [2.24, 2.45) is 10.1 Å². The maximum Gasteiger partial charge on any atom is 0.194 e. The Morgan fingerprint density at radius 1 is 1.17 bits per heavy atom. The van der Waals surface area contributed by atoms with Gasteiger partial charge in [0, 0.05) is 30.1 Å². The van der Waals surface area contributed by atoms with Crippen molar-refractivity contribution in [3.63, 3.8) is 0 Å². The Morgan fingerprint density at radius 3 is 3.00 bits per heavy atom. The highest BCUT2D eigenvalue weighted by atomic mass is 32.1. The molecule has 0 atom stereocenters. The zero-order valence-electron chi connectivity index (χ0n) is 13.4. The molecule has 3 heterocycles. The number of fused-ring (bicyclic) bond motifs is 1. The summed E-state index contributed by atoms with van der Waals surface area (Å²) < 4.78 is 2.08. The Morgan fingerprint density at radius 2 is 2.08 bits per heavy atom. The zero-order valence-corrected chi connectivity index (χ0v) is 14.2. The molecular formula is C18H19N5S. The fourth-order valence-corrected chi connectivity index (χ4v) is 3.59. The van der Waals surface area contributed by atoms with E-state index in [4.69, 9.17) is 4.98 Å². The predicted molar refractivity (Wildman–Crippen MR) is 100 cm³/mol. The molecule has 0 fully saturated rings. The first-order valence-corrected chi connectivity index (χ1v) is 9.13. The van der Waals surface area contributed by atoms with Crippen LogP contribution in [0.5, 0.6) is 0 Å². The largest absolute Gasteiger partial charge is 0.289 e. The second-order valence-corrected chi connectivity index (χ2v) is 6.65. The summed E-state index contributed by atoms with van der Waals surface area (Å²) in [7, 11) is 0. The summed E-state index contributed by atoms with van der Waals surface area (Å²) in [5.74, 6) is 0.982. The van der Waals surface area contributed by atoms with E-state index < -0.39 is 0 Å². The number of imidazole rings is 1. The highest BCUT2D eigenvalue weighted by Crippen LogP contribution is 2.25. The fraction of sp³-hybridized carbons (Fsp3) is 0.278. The van der Waals surface area contributed by atoms with Crippen LogP contribution >= 0.6 is 11.3 Å². The van der Waals surface area contributed by atoms with Crippen LogP contribution in [0.15, 0.2) is 52.0 Å². The zero-order chi connectivity index (χ0) is 16.2. The number of nitrogens with zero attached hydrogens (tertiary/aromatic N) is 4. The quantitative estimate of drug-likeness (QED) is 0.581. The smallest absolute Gasteiger partial charge is 0.194 e. The van der Waals surface area contributed by atoms with Gasteiger partial charge in [-0.05, 0) is 12.8 Å². The maximum absolute atomic E-state index is 4.76. The molecular weight excluding hydrogens is 318 g/mol. The third kappa shape index (κ3) is 3.10. The summed E-state index contributed by atoms with van der Waals surface area (Å²) in [6, 6.07) is 10.2. The molecule has 1 aliphatic heterocycles. The van der Waals surface area contributed by atoms with Gasteiger partial charge < -0.3 is 0 Å². The molecule has 122 valence electrons. The van der Waals surface area contributed by atoms with E-state index in [9.17, 15) is 0 Å². The van der Waals surface area contributed by atoms with Gasteiger partial charge in [0.1, 0.15) is 5.84 Å². The molecule has 5 nitrogen and oxygen atoms in total. The van der Waals surface area contributed by atoms with Crippen LogP contribution in [-0.4, -0.2) is 28.0 Å². The second kappa shape index (κ2) is 6.97. The average Bonchev–Trinajstić information content (AvgIpc) is 3.10. The summed E-state index contributed by atoms with van der Waals surface area (Å²) >= 11 is 1.63. The lowest BCUT2D eigenvalue weighted by atomic mass is 10.1. The number of aliphatic imine (C=N–C) groups is 1. The number of hydrogen-bond acceptors (Lipinski definition) is 5. The summed E-state index contributed by atoms with van der Waals surface area (Å²) in [5, 5.41) is 6.47. The SMILES string of the molecule is C(=NNC1=NCCCCC1)c1c(-c2ccccc2)nc2sccn12. The second-order valence-electron chi connectivity index (χ2n) is 5.78. The normalized spacial score (nSPS) is 15.6. The number of rotatable bonds is 3. The van der Waals surface area contributed by atoms with Gasteiger partial charge in [-0.3, -0.25) is 14.8 Å². The first-order chi connectivity index (χ1) is 11.9. The standard InChI is InChI=1S/C18H19N5S/c1-3-7-14(8-4-1)17-15(23-11-12-24-18(23)21-17)13-20-22-16-9-5-2-6-10-19-16/h1,3-4,7-8,11-13H,2,5-6,9-10H2,(H,19,22). The number of aromatic nitrogens is 2. The van der Waals surface area contributed by atoms with E-state index in [0.717, 1.165) is 40.7 Å². The molecule has 0 amide bonds. The molecule has 0 aliphatic carbocycles. The van der Waals surface area contributed by atoms with Crippen LogP contribution in [0.1, 0.15) is 31.4 Å². The third-order valence-electron chi connectivity index (χ3n) is 4.10. The summed E-state index contributed by atoms with van der Waals surface area (Å²) in [5.41, 5.74) is 6.16. The van der Waals surface area contributed by atoms with Crippen molar-refractivity contribution in [2.45, 2.75) is 25.7 Å². The van der Waals surface area contributed by atoms with E-state index >= 15 is 0 Å². The monoisotopic (exact) mass is 337 g/mol. The number of benzene rings is 1. The van der Waals surface area contributed by atoms with Gasteiger partial charge in [-0.25, -0.2) is 4.98 Å². The van der Waals surface area contributed by atoms with E-state index in [0.29, 0.717) is 0 Å². The van der Waals surface area contributed by atoms with Crippen molar-refractivity contribution in [1.29, 1.82) is 0 Å². The first kappa shape index (κ1) is 15.1. The summed E-state index contributed by atoms with van der Waals surface area (Å²) in [6.45, 7) is 0.897. The Hall–Kier alpha value is -2.47. The van der Waals surface area contributed by atoms with Crippen LogP contribution < -0.4 is 5.43 Å². The Balaban J connectivity index is 1.64. The molecule has 0 saturated carbocycles. The van der Waals surface area contributed by atoms with Crippen LogP contribution in [0.4, 0.5) is 0 Å². The molecule has 4 rings (SSSR count). The number of amidine groups is 1. The molecule has 0 saturated heterocycles. The van der Waals surface area contributed by atoms with Crippen LogP contribution in [0.25, 0.3) is 16.2 Å². The van der Waals surface area contributed by atoms with Crippen LogP contribution in [0.3, 0.4) is 0 Å². The molecule has 0 bridgehead atoms. The summed E-state index contributed by atoms with van der Waals surface area (Å²) in [6.07, 6.45) is 8.45. The maximum atomic E-state index is 4.76. The molecule has 6 heteroatoms. The van der Waals surface area contributed by atoms with Crippen LogP contribution in [0, 0.1) is 0 Å². The Labute approximate surface area is 144 Å². The average molecular weight is 337 g/mol. The number of hydrazone groups is 1. The van der Waals surface area contributed by atoms with E-state index in [1.54, 1.807) is 11.3 Å². The molecule has 1 aliphatic rings. The van der Waals surface area contributed by atoms with Gasteiger partial charge in [-0.1, -0.05) is 36.8 Å². The van der Waals surface area contributed by atoms with Gasteiger partial charge in [0.15, 0.2) is 4.96 Å². The molecule has 24 heavy (non-hydrogen) atoms. The minimum Gasteiger partial charge on any atom is -0.289 e. The van der Waals surface area contributed by atoms with Crippen molar-refractivity contribution < 1.29 is 0 Å². The molecule has 3 aromatic rings. The van der Waals surface area contributed by atoms with E-state index in [1.807, 2.05) is 36.0 Å². The molecule has 2 aromatic heterocycles. The first-order valence-electron chi connectivity index (χ1n) is 8.25. The van der Waals surface area contributed by atoms with E-state index in [1.165, 1.54) is 19.3 Å². The lowest BCUT2D eigenvalue weighted by Gasteiger charge is -2.03. The molecule has 1 N–H and O–H groups in total. The molecule has 0 unspecified atom stereocenters. The molecule has 0 spiro atoms.